The molecule has 1 atom stereocenters. The first kappa shape index (κ1) is 16.4. The Bertz CT molecular complexity index is 293. The zero-order valence-electron chi connectivity index (χ0n) is 10.5. The normalized spacial score (nSPS) is 11.7. The van der Waals surface area contributed by atoms with Crippen LogP contribution in [0.4, 0.5) is 0 Å². The summed E-state index contributed by atoms with van der Waals surface area (Å²) < 4.78 is 4.41. The molecule has 1 unspecified atom stereocenters. The monoisotopic (exact) mass is 260 g/mol. The number of esters is 1. The molecule has 7 heteroatoms. The summed E-state index contributed by atoms with van der Waals surface area (Å²) >= 11 is 0. The number of hydrogen-bond donors (Lipinski definition) is 3. The molecule has 104 valence electrons. The minimum absolute atomic E-state index is 0.0185. The van der Waals surface area contributed by atoms with Crippen LogP contribution in [-0.2, 0) is 19.1 Å². The van der Waals surface area contributed by atoms with Crippen molar-refractivity contribution in [2.45, 2.75) is 38.1 Å². The number of carboxylic acids is 1. The highest BCUT2D eigenvalue weighted by molar-refractivity contribution is 5.83. The van der Waals surface area contributed by atoms with Crippen LogP contribution < -0.4 is 11.1 Å². The Hall–Kier alpha value is -1.63. The van der Waals surface area contributed by atoms with Crippen LogP contribution in [-0.4, -0.2) is 42.6 Å². The van der Waals surface area contributed by atoms with Gasteiger partial charge in [0.05, 0.1) is 7.11 Å². The lowest BCUT2D eigenvalue weighted by atomic mass is 10.1. The number of unbranched alkanes of at least 4 members (excludes halogenated alkanes) is 1. The topological polar surface area (TPSA) is 119 Å². The number of hydrogen-bond acceptors (Lipinski definition) is 5. The standard InChI is InChI=1S/C11H20N2O5/c1-18-10(15)6-5-8(11(16)17)13-9(14)4-2-3-7-12/h8H,2-7,12H2,1H3,(H,13,14)(H,16,17). The maximum absolute atomic E-state index is 11.4. The van der Waals surface area contributed by atoms with Crippen molar-refractivity contribution in [2.24, 2.45) is 5.73 Å². The minimum atomic E-state index is -1.16. The number of nitrogens with one attached hydrogen (secondary N) is 1. The molecule has 0 heterocycles. The number of carbonyl (C=O) groups excluding carboxylic acids is 2. The van der Waals surface area contributed by atoms with Crippen LogP contribution in [0.25, 0.3) is 0 Å². The minimum Gasteiger partial charge on any atom is -0.480 e. The number of methoxy groups -OCH3 is 1. The molecule has 4 N–H and O–H groups in total. The fourth-order valence-corrected chi connectivity index (χ4v) is 1.32. The highest BCUT2D eigenvalue weighted by Crippen LogP contribution is 2.01. The molecule has 7 nitrogen and oxygen atoms in total. The fraction of sp³-hybridized carbons (Fsp3) is 0.727. The zero-order chi connectivity index (χ0) is 14.0. The molecule has 0 aliphatic heterocycles. The van der Waals surface area contributed by atoms with Gasteiger partial charge in [-0.25, -0.2) is 4.79 Å². The van der Waals surface area contributed by atoms with Gasteiger partial charge in [0, 0.05) is 12.8 Å². The lowest BCUT2D eigenvalue weighted by Crippen LogP contribution is -2.41. The number of aliphatic carboxylic acids is 1. The molecule has 0 saturated carbocycles. The van der Waals surface area contributed by atoms with Crippen molar-refractivity contribution in [2.75, 3.05) is 13.7 Å². The quantitative estimate of drug-likeness (QED) is 0.385. The van der Waals surface area contributed by atoms with Crippen molar-refractivity contribution in [3.63, 3.8) is 0 Å². The van der Waals surface area contributed by atoms with Gasteiger partial charge in [-0.1, -0.05) is 0 Å². The highest BCUT2D eigenvalue weighted by Gasteiger charge is 2.20. The van der Waals surface area contributed by atoms with E-state index >= 15 is 0 Å². The van der Waals surface area contributed by atoms with E-state index in [-0.39, 0.29) is 25.2 Å². The Morgan fingerprint density at radius 2 is 1.94 bits per heavy atom. The second-order valence-corrected chi connectivity index (χ2v) is 3.82. The van der Waals surface area contributed by atoms with E-state index in [2.05, 4.69) is 10.1 Å². The number of carbonyl (C=O) groups is 3. The van der Waals surface area contributed by atoms with Gasteiger partial charge in [0.15, 0.2) is 0 Å². The number of carboxylic acid groups (broad SMARTS) is 1. The second kappa shape index (κ2) is 9.41. The zero-order valence-corrected chi connectivity index (χ0v) is 10.5. The summed E-state index contributed by atoms with van der Waals surface area (Å²) in [6.07, 6.45) is 1.54. The number of rotatable bonds is 9. The molecule has 0 aliphatic carbocycles. The van der Waals surface area contributed by atoms with E-state index in [1.165, 1.54) is 7.11 Å². The number of nitrogens with two attached hydrogens (primary N) is 1. The van der Waals surface area contributed by atoms with Gasteiger partial charge in [-0.2, -0.15) is 0 Å². The van der Waals surface area contributed by atoms with Crippen LogP contribution in [0, 0.1) is 0 Å². The van der Waals surface area contributed by atoms with Gasteiger partial charge in [-0.3, -0.25) is 9.59 Å². The molecule has 0 radical (unpaired) electrons. The van der Waals surface area contributed by atoms with Crippen molar-refractivity contribution in [3.05, 3.63) is 0 Å². The smallest absolute Gasteiger partial charge is 0.326 e. The maximum atomic E-state index is 11.4. The van der Waals surface area contributed by atoms with Gasteiger partial charge in [-0.15, -0.1) is 0 Å². The predicted octanol–water partition coefficient (Wildman–Crippen LogP) is -0.362. The number of amides is 1. The van der Waals surface area contributed by atoms with Gasteiger partial charge in [0.2, 0.25) is 5.91 Å². The maximum Gasteiger partial charge on any atom is 0.326 e. The van der Waals surface area contributed by atoms with E-state index < -0.39 is 18.0 Å². The SMILES string of the molecule is COC(=O)CCC(NC(=O)CCCCN)C(=O)O. The molecule has 0 saturated heterocycles. The Labute approximate surface area is 106 Å². The molecule has 0 aromatic heterocycles. The van der Waals surface area contributed by atoms with Crippen molar-refractivity contribution in [3.8, 4) is 0 Å². The molecule has 0 spiro atoms. The lowest BCUT2D eigenvalue weighted by Gasteiger charge is -2.13. The summed E-state index contributed by atoms with van der Waals surface area (Å²) in [5.41, 5.74) is 5.28. The first-order valence-corrected chi connectivity index (χ1v) is 5.80. The highest BCUT2D eigenvalue weighted by atomic mass is 16.5. The second-order valence-electron chi connectivity index (χ2n) is 3.82. The molecule has 0 aliphatic rings. The van der Waals surface area contributed by atoms with Crippen LogP contribution in [0.5, 0.6) is 0 Å². The molecular weight excluding hydrogens is 240 g/mol. The van der Waals surface area contributed by atoms with Gasteiger partial charge >= 0.3 is 11.9 Å². The summed E-state index contributed by atoms with van der Waals surface area (Å²) in [4.78, 5) is 33.2. The molecule has 0 fully saturated rings. The summed E-state index contributed by atoms with van der Waals surface area (Å²) in [6, 6.07) is -1.06. The van der Waals surface area contributed by atoms with Gasteiger partial charge < -0.3 is 20.9 Å². The Morgan fingerprint density at radius 1 is 1.28 bits per heavy atom. The van der Waals surface area contributed by atoms with Gasteiger partial charge in [-0.05, 0) is 25.8 Å². The van der Waals surface area contributed by atoms with E-state index in [0.29, 0.717) is 19.4 Å². The third-order valence-corrected chi connectivity index (χ3v) is 2.36. The van der Waals surface area contributed by atoms with Crippen molar-refractivity contribution in [1.82, 2.24) is 5.32 Å². The largest absolute Gasteiger partial charge is 0.480 e. The van der Waals surface area contributed by atoms with E-state index in [0.717, 1.165) is 0 Å². The molecular formula is C11H20N2O5. The molecule has 1 amide bonds. The van der Waals surface area contributed by atoms with E-state index in [9.17, 15) is 14.4 Å². The molecule has 18 heavy (non-hydrogen) atoms. The Morgan fingerprint density at radius 3 is 2.44 bits per heavy atom. The lowest BCUT2D eigenvalue weighted by molar-refractivity contribution is -0.144. The Balaban J connectivity index is 4.06. The van der Waals surface area contributed by atoms with E-state index in [1.54, 1.807) is 0 Å². The van der Waals surface area contributed by atoms with Crippen LogP contribution in [0.15, 0.2) is 0 Å². The van der Waals surface area contributed by atoms with Crippen LogP contribution in [0.3, 0.4) is 0 Å². The van der Waals surface area contributed by atoms with Crippen molar-refractivity contribution < 1.29 is 24.2 Å². The fourth-order valence-electron chi connectivity index (χ4n) is 1.32. The third-order valence-electron chi connectivity index (χ3n) is 2.36. The van der Waals surface area contributed by atoms with Crippen molar-refractivity contribution in [1.29, 1.82) is 0 Å². The number of ether oxygens (including phenoxy) is 1. The van der Waals surface area contributed by atoms with Gasteiger partial charge in [0.25, 0.3) is 0 Å². The summed E-state index contributed by atoms with van der Waals surface area (Å²) in [5.74, 6) is -2.01. The summed E-state index contributed by atoms with van der Waals surface area (Å²) in [7, 11) is 1.23. The van der Waals surface area contributed by atoms with Gasteiger partial charge in [0.1, 0.15) is 6.04 Å². The summed E-state index contributed by atoms with van der Waals surface area (Å²) in [5, 5.41) is 11.3. The molecule has 0 aromatic carbocycles. The van der Waals surface area contributed by atoms with E-state index in [1.807, 2.05) is 0 Å². The Kier molecular flexibility index (Phi) is 8.55. The summed E-state index contributed by atoms with van der Waals surface area (Å²) in [6.45, 7) is 0.498. The molecule has 0 aromatic rings. The van der Waals surface area contributed by atoms with E-state index in [4.69, 9.17) is 10.8 Å². The van der Waals surface area contributed by atoms with Crippen molar-refractivity contribution >= 4 is 17.8 Å². The predicted molar refractivity (Wildman–Crippen MR) is 63.7 cm³/mol. The average Bonchev–Trinajstić information content (AvgIpc) is 2.33. The first-order chi connectivity index (χ1) is 8.51. The van der Waals surface area contributed by atoms with Crippen LogP contribution >= 0.6 is 0 Å². The van der Waals surface area contributed by atoms with Crippen LogP contribution in [0.1, 0.15) is 32.1 Å². The van der Waals surface area contributed by atoms with Crippen LogP contribution in [0.2, 0.25) is 0 Å². The third kappa shape index (κ3) is 7.61. The first-order valence-electron chi connectivity index (χ1n) is 5.80. The molecule has 0 rings (SSSR count). The average molecular weight is 260 g/mol. The molecule has 0 bridgehead atoms.